The van der Waals surface area contributed by atoms with E-state index in [1.165, 1.54) is 55.6 Å². The second-order valence-corrected chi connectivity index (χ2v) is 16.6. The Kier molecular flexibility index (Phi) is 10.7. The third-order valence-electron chi connectivity index (χ3n) is 9.95. The lowest BCUT2D eigenvalue weighted by Crippen LogP contribution is -2.04. The summed E-state index contributed by atoms with van der Waals surface area (Å²) in [7, 11) is -2.24. The first-order chi connectivity index (χ1) is 24.4. The molecule has 8 aliphatic rings. The molecule has 0 unspecified atom stereocenters. The van der Waals surface area contributed by atoms with Gasteiger partial charge in [0.15, 0.2) is 0 Å². The van der Waals surface area contributed by atoms with Crippen LogP contribution in [0, 0.1) is 13.8 Å². The Morgan fingerprint density at radius 1 is 0.340 bits per heavy atom. The van der Waals surface area contributed by atoms with E-state index < -0.39 is 21.6 Å². The van der Waals surface area contributed by atoms with Crippen molar-refractivity contribution in [1.82, 2.24) is 0 Å². The first kappa shape index (κ1) is 34.1. The van der Waals surface area contributed by atoms with Crippen LogP contribution in [0.3, 0.4) is 0 Å². The predicted molar refractivity (Wildman–Crippen MR) is 207 cm³/mol. The zero-order chi connectivity index (χ0) is 34.5. The molecule has 6 aromatic carbocycles. The second-order valence-electron chi connectivity index (χ2n) is 13.7. The van der Waals surface area contributed by atoms with Gasteiger partial charge in [0.2, 0.25) is 0 Å². The van der Waals surface area contributed by atoms with Gasteiger partial charge in [-0.2, -0.15) is 0 Å². The van der Waals surface area contributed by atoms with Crippen LogP contribution in [0.4, 0.5) is 0 Å². The van der Waals surface area contributed by atoms with E-state index >= 15 is 0 Å². The SMILES string of the molecule is Cc1ccc([S@](=O)c2cc3ccc2CCc2ccc(cc2)CC3)cc1.Cc1ccc([S@](=O)c2cc3ccc2CCc2ccc(cc2)CC3)cc1. The van der Waals surface area contributed by atoms with Crippen molar-refractivity contribution >= 4 is 21.6 Å². The van der Waals surface area contributed by atoms with Gasteiger partial charge in [0.25, 0.3) is 0 Å². The smallest absolute Gasteiger partial charge is 0.0852 e. The highest BCUT2D eigenvalue weighted by atomic mass is 32.2. The Hall–Kier alpha value is -4.38. The van der Waals surface area contributed by atoms with Crippen LogP contribution in [0.1, 0.15) is 55.6 Å². The highest BCUT2D eigenvalue weighted by Crippen LogP contribution is 2.27. The molecular weight excluding hydrogens is 649 g/mol. The van der Waals surface area contributed by atoms with Crippen molar-refractivity contribution in [2.45, 2.75) is 84.8 Å². The van der Waals surface area contributed by atoms with Crippen LogP contribution in [0.15, 0.2) is 153 Å². The van der Waals surface area contributed by atoms with E-state index in [1.54, 1.807) is 0 Å². The molecular formula is C46H44O2S2. The van der Waals surface area contributed by atoms with Crippen molar-refractivity contribution in [3.63, 3.8) is 0 Å². The molecule has 0 heterocycles. The minimum Gasteiger partial charge on any atom is -0.249 e. The molecule has 0 amide bonds. The zero-order valence-corrected chi connectivity index (χ0v) is 30.6. The summed E-state index contributed by atoms with van der Waals surface area (Å²) in [5.41, 5.74) is 12.8. The Labute approximate surface area is 302 Å². The molecule has 50 heavy (non-hydrogen) atoms. The van der Waals surface area contributed by atoms with Gasteiger partial charge in [-0.3, -0.25) is 0 Å². The van der Waals surface area contributed by atoms with Gasteiger partial charge in [-0.05, 0) is 146 Å². The maximum Gasteiger partial charge on any atom is 0.0852 e. The predicted octanol–water partition coefficient (Wildman–Crippen LogP) is 10.1. The van der Waals surface area contributed by atoms with Crippen molar-refractivity contribution < 1.29 is 8.42 Å². The fourth-order valence-corrected chi connectivity index (χ4v) is 9.33. The third-order valence-corrected chi connectivity index (χ3v) is 12.9. The quantitative estimate of drug-likeness (QED) is 0.184. The normalized spacial score (nSPS) is 14.8. The van der Waals surface area contributed by atoms with Crippen molar-refractivity contribution in [2.75, 3.05) is 0 Å². The van der Waals surface area contributed by atoms with Crippen molar-refractivity contribution in [3.8, 4) is 0 Å². The lowest BCUT2D eigenvalue weighted by Gasteiger charge is -2.14. The molecule has 0 saturated heterocycles. The van der Waals surface area contributed by atoms with Crippen LogP contribution in [-0.2, 0) is 73.0 Å². The summed E-state index contributed by atoms with van der Waals surface area (Å²) in [6.07, 6.45) is 7.83. The van der Waals surface area contributed by atoms with Gasteiger partial charge in [0, 0.05) is 19.6 Å². The zero-order valence-electron chi connectivity index (χ0n) is 29.0. The largest absolute Gasteiger partial charge is 0.249 e. The molecule has 0 fully saturated rings. The number of aryl methyl sites for hydroxylation is 10. The Morgan fingerprint density at radius 2 is 0.620 bits per heavy atom. The topological polar surface area (TPSA) is 34.1 Å². The van der Waals surface area contributed by atoms with Crippen molar-refractivity contribution in [2.24, 2.45) is 0 Å². The molecule has 0 radical (unpaired) electrons. The average Bonchev–Trinajstić information content (AvgIpc) is 3.14. The van der Waals surface area contributed by atoms with Crippen LogP contribution in [0.2, 0.25) is 0 Å². The average molecular weight is 693 g/mol. The summed E-state index contributed by atoms with van der Waals surface area (Å²) in [5.74, 6) is 0. The molecule has 0 aromatic heterocycles. The van der Waals surface area contributed by atoms with Gasteiger partial charge in [-0.25, -0.2) is 8.42 Å². The highest BCUT2D eigenvalue weighted by Gasteiger charge is 2.16. The molecule has 0 spiro atoms. The molecule has 0 N–H and O–H groups in total. The first-order valence-electron chi connectivity index (χ1n) is 17.7. The van der Waals surface area contributed by atoms with E-state index in [1.807, 2.05) is 48.5 Å². The molecule has 6 aromatic rings. The van der Waals surface area contributed by atoms with Crippen LogP contribution in [-0.4, -0.2) is 8.42 Å². The minimum absolute atomic E-state index is 0.888. The van der Waals surface area contributed by atoms with Crippen LogP contribution >= 0.6 is 0 Å². The summed E-state index contributed by atoms with van der Waals surface area (Å²) in [5, 5.41) is 0. The lowest BCUT2D eigenvalue weighted by atomic mass is 9.97. The molecule has 14 rings (SSSR count). The van der Waals surface area contributed by atoms with Gasteiger partial charge in [-0.1, -0.05) is 108 Å². The van der Waals surface area contributed by atoms with Gasteiger partial charge in [-0.15, -0.1) is 0 Å². The maximum absolute atomic E-state index is 13.2. The molecule has 0 saturated carbocycles. The summed E-state index contributed by atoms with van der Waals surface area (Å²) in [6.45, 7) is 4.12. The van der Waals surface area contributed by atoms with Crippen LogP contribution in [0.5, 0.6) is 0 Å². The molecule has 2 nitrogen and oxygen atoms in total. The highest BCUT2D eigenvalue weighted by molar-refractivity contribution is 7.85. The Balaban J connectivity index is 0.000000157. The molecule has 8 aliphatic carbocycles. The summed E-state index contributed by atoms with van der Waals surface area (Å²) in [4.78, 5) is 3.74. The molecule has 8 bridgehead atoms. The summed E-state index contributed by atoms with van der Waals surface area (Å²) < 4.78 is 26.4. The maximum atomic E-state index is 13.2. The van der Waals surface area contributed by atoms with E-state index in [4.69, 9.17) is 0 Å². The number of hydrogen-bond donors (Lipinski definition) is 0. The first-order valence-corrected chi connectivity index (χ1v) is 20.0. The van der Waals surface area contributed by atoms with Gasteiger partial charge in [0.1, 0.15) is 0 Å². The summed E-state index contributed by atoms with van der Waals surface area (Å²) in [6, 6.07) is 47.1. The molecule has 252 valence electrons. The fraction of sp³-hybridized carbons (Fsp3) is 0.217. The fourth-order valence-electron chi connectivity index (χ4n) is 6.73. The summed E-state index contributed by atoms with van der Waals surface area (Å²) >= 11 is 0. The van der Waals surface area contributed by atoms with Crippen LogP contribution < -0.4 is 0 Å². The van der Waals surface area contributed by atoms with E-state index in [2.05, 4.69) is 98.8 Å². The number of benzene rings is 6. The Bertz CT molecular complexity index is 1970. The standard InChI is InChI=1S/2C23H22OS/c2*1-17-2-14-22(15-3-17)25(24)23-16-20-9-8-18-4-6-19(7-5-18)10-12-21(23)13-11-20/h2*2-7,11,13-16H,8-10,12H2,1H3/t2*25-/m00/s1. The third kappa shape index (κ3) is 8.31. The van der Waals surface area contributed by atoms with Gasteiger partial charge < -0.3 is 0 Å². The number of hydrogen-bond acceptors (Lipinski definition) is 2. The minimum atomic E-state index is -1.12. The van der Waals surface area contributed by atoms with Crippen molar-refractivity contribution in [1.29, 1.82) is 0 Å². The van der Waals surface area contributed by atoms with E-state index in [9.17, 15) is 8.42 Å². The van der Waals surface area contributed by atoms with Gasteiger partial charge >= 0.3 is 0 Å². The second kappa shape index (κ2) is 15.7. The molecule has 4 heteroatoms. The van der Waals surface area contributed by atoms with E-state index in [0.29, 0.717) is 0 Å². The number of rotatable bonds is 4. The monoisotopic (exact) mass is 692 g/mol. The van der Waals surface area contributed by atoms with E-state index in [-0.39, 0.29) is 0 Å². The van der Waals surface area contributed by atoms with Crippen molar-refractivity contribution in [3.05, 3.63) is 189 Å². The lowest BCUT2D eigenvalue weighted by molar-refractivity contribution is 0.680. The van der Waals surface area contributed by atoms with Crippen LogP contribution in [0.25, 0.3) is 0 Å². The molecule has 2 atom stereocenters. The molecule has 0 aliphatic heterocycles. The van der Waals surface area contributed by atoms with Gasteiger partial charge in [0.05, 0.1) is 21.6 Å². The Morgan fingerprint density at radius 3 is 0.960 bits per heavy atom. The van der Waals surface area contributed by atoms with E-state index in [0.717, 1.165) is 70.9 Å².